The summed E-state index contributed by atoms with van der Waals surface area (Å²) in [7, 11) is 0. The SMILES string of the molecule is Oc1ccc(F)cc1-c1cnccn1. The fourth-order valence-corrected chi connectivity index (χ4v) is 1.15. The van der Waals surface area contributed by atoms with Crippen LogP contribution in [0.1, 0.15) is 0 Å². The van der Waals surface area contributed by atoms with Gasteiger partial charge in [-0.15, -0.1) is 0 Å². The molecule has 0 atom stereocenters. The first-order valence-corrected chi connectivity index (χ1v) is 4.02. The van der Waals surface area contributed by atoms with Gasteiger partial charge in [0, 0.05) is 18.0 Å². The van der Waals surface area contributed by atoms with Crippen LogP contribution in [-0.4, -0.2) is 15.1 Å². The Morgan fingerprint density at radius 3 is 2.79 bits per heavy atom. The lowest BCUT2D eigenvalue weighted by atomic mass is 10.1. The molecule has 1 aromatic heterocycles. The molecule has 3 nitrogen and oxygen atoms in total. The maximum atomic E-state index is 12.9. The van der Waals surface area contributed by atoms with Crippen LogP contribution >= 0.6 is 0 Å². The molecule has 0 unspecified atom stereocenters. The van der Waals surface area contributed by atoms with Gasteiger partial charge in [0.15, 0.2) is 0 Å². The highest BCUT2D eigenvalue weighted by atomic mass is 19.1. The molecule has 14 heavy (non-hydrogen) atoms. The summed E-state index contributed by atoms with van der Waals surface area (Å²) in [4.78, 5) is 7.80. The van der Waals surface area contributed by atoms with Crippen molar-refractivity contribution in [3.63, 3.8) is 0 Å². The second kappa shape index (κ2) is 3.41. The number of phenols is 1. The molecule has 0 amide bonds. The van der Waals surface area contributed by atoms with Gasteiger partial charge in [0.05, 0.1) is 11.9 Å². The second-order valence-corrected chi connectivity index (χ2v) is 2.75. The van der Waals surface area contributed by atoms with E-state index >= 15 is 0 Å². The Bertz CT molecular complexity index is 445. The van der Waals surface area contributed by atoms with E-state index in [0.29, 0.717) is 11.3 Å². The molecular formula is C10H7FN2O. The molecule has 2 aromatic rings. The number of aromatic hydroxyl groups is 1. The number of benzene rings is 1. The fraction of sp³-hybridized carbons (Fsp3) is 0. The Labute approximate surface area is 79.9 Å². The van der Waals surface area contributed by atoms with Crippen LogP contribution in [0.5, 0.6) is 5.75 Å². The van der Waals surface area contributed by atoms with E-state index in [9.17, 15) is 9.50 Å². The van der Waals surface area contributed by atoms with Crippen LogP contribution in [0, 0.1) is 5.82 Å². The van der Waals surface area contributed by atoms with Crippen molar-refractivity contribution in [2.75, 3.05) is 0 Å². The zero-order valence-electron chi connectivity index (χ0n) is 7.18. The van der Waals surface area contributed by atoms with Gasteiger partial charge in [0.1, 0.15) is 11.6 Å². The van der Waals surface area contributed by atoms with E-state index in [-0.39, 0.29) is 5.75 Å². The molecule has 0 saturated heterocycles. The largest absolute Gasteiger partial charge is 0.507 e. The summed E-state index contributed by atoms with van der Waals surface area (Å²) >= 11 is 0. The minimum Gasteiger partial charge on any atom is -0.507 e. The Morgan fingerprint density at radius 2 is 2.07 bits per heavy atom. The van der Waals surface area contributed by atoms with Gasteiger partial charge in [0.25, 0.3) is 0 Å². The van der Waals surface area contributed by atoms with E-state index in [1.54, 1.807) is 0 Å². The van der Waals surface area contributed by atoms with Crippen molar-refractivity contribution in [2.45, 2.75) is 0 Å². The Hall–Kier alpha value is -1.97. The molecule has 0 saturated carbocycles. The van der Waals surface area contributed by atoms with E-state index < -0.39 is 5.82 Å². The van der Waals surface area contributed by atoms with Crippen LogP contribution < -0.4 is 0 Å². The second-order valence-electron chi connectivity index (χ2n) is 2.75. The van der Waals surface area contributed by atoms with Crippen molar-refractivity contribution in [1.29, 1.82) is 0 Å². The highest BCUT2D eigenvalue weighted by Crippen LogP contribution is 2.27. The molecule has 0 aliphatic heterocycles. The van der Waals surface area contributed by atoms with Crippen LogP contribution in [0.25, 0.3) is 11.3 Å². The Morgan fingerprint density at radius 1 is 1.21 bits per heavy atom. The van der Waals surface area contributed by atoms with E-state index in [2.05, 4.69) is 9.97 Å². The number of hydrogen-bond acceptors (Lipinski definition) is 3. The number of hydrogen-bond donors (Lipinski definition) is 1. The first-order valence-electron chi connectivity index (χ1n) is 4.02. The lowest BCUT2D eigenvalue weighted by molar-refractivity contribution is 0.475. The molecule has 4 heteroatoms. The van der Waals surface area contributed by atoms with Gasteiger partial charge in [0.2, 0.25) is 0 Å². The van der Waals surface area contributed by atoms with Crippen molar-refractivity contribution in [3.8, 4) is 17.0 Å². The van der Waals surface area contributed by atoms with Gasteiger partial charge in [-0.1, -0.05) is 0 Å². The van der Waals surface area contributed by atoms with Gasteiger partial charge in [-0.25, -0.2) is 4.39 Å². The van der Waals surface area contributed by atoms with Gasteiger partial charge in [-0.3, -0.25) is 9.97 Å². The molecule has 0 aliphatic rings. The van der Waals surface area contributed by atoms with Gasteiger partial charge >= 0.3 is 0 Å². The van der Waals surface area contributed by atoms with Crippen LogP contribution in [-0.2, 0) is 0 Å². The van der Waals surface area contributed by atoms with Crippen LogP contribution in [0.3, 0.4) is 0 Å². The minimum absolute atomic E-state index is 0.00750. The maximum absolute atomic E-state index is 12.9. The Balaban J connectivity index is 2.57. The average molecular weight is 190 g/mol. The highest BCUT2D eigenvalue weighted by molar-refractivity contribution is 5.65. The number of rotatable bonds is 1. The molecule has 0 bridgehead atoms. The highest BCUT2D eigenvalue weighted by Gasteiger charge is 2.06. The third-order valence-electron chi connectivity index (χ3n) is 1.80. The van der Waals surface area contributed by atoms with Gasteiger partial charge < -0.3 is 5.11 Å². The number of phenolic OH excluding ortho intramolecular Hbond substituents is 1. The zero-order chi connectivity index (χ0) is 9.97. The van der Waals surface area contributed by atoms with Crippen molar-refractivity contribution in [1.82, 2.24) is 9.97 Å². The minimum atomic E-state index is -0.413. The molecule has 0 spiro atoms. The summed E-state index contributed by atoms with van der Waals surface area (Å²) in [6, 6.07) is 3.70. The third kappa shape index (κ3) is 1.54. The molecule has 1 aromatic carbocycles. The Kier molecular flexibility index (Phi) is 2.10. The normalized spacial score (nSPS) is 10.1. The van der Waals surface area contributed by atoms with Crippen LogP contribution in [0.4, 0.5) is 4.39 Å². The molecular weight excluding hydrogens is 183 g/mol. The first-order chi connectivity index (χ1) is 6.77. The number of aromatic nitrogens is 2. The van der Waals surface area contributed by atoms with Crippen LogP contribution in [0.2, 0.25) is 0 Å². The zero-order valence-corrected chi connectivity index (χ0v) is 7.18. The summed E-state index contributed by atoms with van der Waals surface area (Å²) in [5, 5.41) is 9.45. The van der Waals surface area contributed by atoms with Crippen molar-refractivity contribution < 1.29 is 9.50 Å². The predicted molar refractivity (Wildman–Crippen MR) is 49.1 cm³/mol. The molecule has 0 aliphatic carbocycles. The smallest absolute Gasteiger partial charge is 0.125 e. The van der Waals surface area contributed by atoms with Gasteiger partial charge in [-0.05, 0) is 18.2 Å². The van der Waals surface area contributed by atoms with E-state index in [1.807, 2.05) is 0 Å². The fourth-order valence-electron chi connectivity index (χ4n) is 1.15. The van der Waals surface area contributed by atoms with Crippen LogP contribution in [0.15, 0.2) is 36.8 Å². The molecule has 1 heterocycles. The first kappa shape index (κ1) is 8.62. The molecule has 2 rings (SSSR count). The lowest BCUT2D eigenvalue weighted by Gasteiger charge is -2.02. The predicted octanol–water partition coefficient (Wildman–Crippen LogP) is 1.99. The monoisotopic (exact) mass is 190 g/mol. The molecule has 0 fully saturated rings. The quantitative estimate of drug-likeness (QED) is 0.747. The summed E-state index contributed by atoms with van der Waals surface area (Å²) in [6.07, 6.45) is 4.47. The van der Waals surface area contributed by atoms with E-state index in [0.717, 1.165) is 0 Å². The van der Waals surface area contributed by atoms with Crippen molar-refractivity contribution in [2.24, 2.45) is 0 Å². The maximum Gasteiger partial charge on any atom is 0.125 e. The molecule has 70 valence electrons. The van der Waals surface area contributed by atoms with E-state index in [4.69, 9.17) is 0 Å². The van der Waals surface area contributed by atoms with Crippen molar-refractivity contribution >= 4 is 0 Å². The average Bonchev–Trinajstić information content (AvgIpc) is 2.23. The van der Waals surface area contributed by atoms with Gasteiger partial charge in [-0.2, -0.15) is 0 Å². The third-order valence-corrected chi connectivity index (χ3v) is 1.80. The lowest BCUT2D eigenvalue weighted by Crippen LogP contribution is -1.86. The summed E-state index contributed by atoms with van der Waals surface area (Å²) in [5.41, 5.74) is 0.794. The summed E-state index contributed by atoms with van der Waals surface area (Å²) in [6.45, 7) is 0. The summed E-state index contributed by atoms with van der Waals surface area (Å²) in [5.74, 6) is -0.421. The molecule has 0 radical (unpaired) electrons. The number of halogens is 1. The standard InChI is InChI=1S/C10H7FN2O/c11-7-1-2-10(14)8(5-7)9-6-12-3-4-13-9/h1-6,14H. The topological polar surface area (TPSA) is 46.0 Å². The number of nitrogens with zero attached hydrogens (tertiary/aromatic N) is 2. The molecule has 1 N–H and O–H groups in total. The van der Waals surface area contributed by atoms with Crippen molar-refractivity contribution in [3.05, 3.63) is 42.6 Å². The van der Waals surface area contributed by atoms with E-state index in [1.165, 1.54) is 36.8 Å². The summed E-state index contributed by atoms with van der Waals surface area (Å²) < 4.78 is 12.9.